The average molecular weight is 554 g/mol. The van der Waals surface area contributed by atoms with Gasteiger partial charge in [-0.3, -0.25) is 0 Å². The zero-order chi connectivity index (χ0) is 28.9. The lowest BCUT2D eigenvalue weighted by Gasteiger charge is -2.41. The number of hydrogen-bond acceptors (Lipinski definition) is 10. The number of alkyl carbamates (subject to hydrolysis) is 1. The zero-order valence-electron chi connectivity index (χ0n) is 21.6. The van der Waals surface area contributed by atoms with Crippen LogP contribution in [0, 0.1) is 0 Å². The van der Waals surface area contributed by atoms with Crippen molar-refractivity contribution in [2.45, 2.75) is 50.2 Å². The van der Waals surface area contributed by atoms with Gasteiger partial charge in [-0.2, -0.15) is 0 Å². The molecule has 1 aliphatic rings. The highest BCUT2D eigenvalue weighted by atomic mass is 16.7. The Morgan fingerprint density at radius 2 is 1.62 bits per heavy atom. The minimum atomic E-state index is -1.36. The molecule has 15 nitrogen and oxygen atoms in total. The van der Waals surface area contributed by atoms with Crippen molar-refractivity contribution in [1.82, 2.24) is 5.32 Å². The number of azide groups is 2. The van der Waals surface area contributed by atoms with Crippen molar-refractivity contribution >= 4 is 18.0 Å². The molecule has 1 aliphatic heterocycles. The number of rotatable bonds is 11. The highest BCUT2D eigenvalue weighted by Crippen LogP contribution is 2.30. The number of amides is 1. The number of carbonyl (C=O) groups is 3. The Hall–Kier alpha value is -4.81. The third-order valence-corrected chi connectivity index (χ3v) is 5.82. The van der Waals surface area contributed by atoms with Gasteiger partial charge in [-0.1, -0.05) is 58.8 Å². The second kappa shape index (κ2) is 15.0. The summed E-state index contributed by atoms with van der Waals surface area (Å²) < 4.78 is 27.0. The van der Waals surface area contributed by atoms with E-state index in [1.54, 1.807) is 49.4 Å². The van der Waals surface area contributed by atoms with E-state index in [1.807, 2.05) is 6.07 Å². The molecule has 1 saturated heterocycles. The third kappa shape index (κ3) is 8.09. The molecular formula is C25H27N7O8. The maximum absolute atomic E-state index is 12.8. The second-order valence-corrected chi connectivity index (χ2v) is 8.45. The first-order valence-corrected chi connectivity index (χ1v) is 12.0. The summed E-state index contributed by atoms with van der Waals surface area (Å²) in [6.07, 6.45) is -4.42. The fraction of sp³-hybridized carbons (Fsp3) is 0.400. The lowest BCUT2D eigenvalue weighted by Crippen LogP contribution is -2.58. The van der Waals surface area contributed by atoms with Crippen molar-refractivity contribution in [3.05, 3.63) is 92.7 Å². The van der Waals surface area contributed by atoms with Crippen LogP contribution < -0.4 is 5.32 Å². The fourth-order valence-electron chi connectivity index (χ4n) is 3.85. The minimum Gasteiger partial charge on any atom is -0.467 e. The lowest BCUT2D eigenvalue weighted by atomic mass is 9.95. The van der Waals surface area contributed by atoms with E-state index >= 15 is 0 Å². The molecule has 40 heavy (non-hydrogen) atoms. The molecule has 15 heteroatoms. The smallest absolute Gasteiger partial charge is 0.408 e. The van der Waals surface area contributed by atoms with Crippen molar-refractivity contribution in [3.8, 4) is 0 Å². The van der Waals surface area contributed by atoms with E-state index in [-0.39, 0.29) is 12.2 Å². The molecule has 1 fully saturated rings. The number of nitrogens with one attached hydrogen (secondary N) is 1. The summed E-state index contributed by atoms with van der Waals surface area (Å²) in [6, 6.07) is 13.2. The maximum atomic E-state index is 12.8. The Morgan fingerprint density at radius 1 is 1.00 bits per heavy atom. The van der Waals surface area contributed by atoms with Crippen molar-refractivity contribution in [2.24, 2.45) is 10.2 Å². The highest BCUT2D eigenvalue weighted by molar-refractivity contribution is 5.89. The first kappa shape index (κ1) is 29.7. The van der Waals surface area contributed by atoms with Crippen LogP contribution in [0.15, 0.2) is 70.9 Å². The normalized spacial score (nSPS) is 22.4. The molecule has 0 aliphatic carbocycles. The summed E-state index contributed by atoms with van der Waals surface area (Å²) >= 11 is 0. The number of methoxy groups -OCH3 is 1. The summed E-state index contributed by atoms with van der Waals surface area (Å²) in [7, 11) is 1.12. The van der Waals surface area contributed by atoms with Crippen LogP contribution in [0.2, 0.25) is 0 Å². The van der Waals surface area contributed by atoms with Gasteiger partial charge in [0.2, 0.25) is 0 Å². The van der Waals surface area contributed by atoms with Gasteiger partial charge < -0.3 is 29.0 Å². The standard InChI is InChI=1S/C25H27N7O8/c1-15-19(29-31-26)21(40-22(33)17-11-7-4-8-12-17)20(30-32-27)24(39-15)37-14-18(23(34)36-2)28-25(35)38-13-16-9-5-3-6-10-16/h3-12,15,18-21,24H,13-14H2,1-2H3,(H,28,35)/t15-,18+,19+,20-,21+,24-/m1/s1. The monoisotopic (exact) mass is 553 g/mol. The molecule has 1 amide bonds. The number of carbonyl (C=O) groups excluding carboxylic acids is 3. The molecule has 0 unspecified atom stereocenters. The van der Waals surface area contributed by atoms with Gasteiger partial charge in [-0.15, -0.1) is 0 Å². The molecule has 210 valence electrons. The van der Waals surface area contributed by atoms with E-state index in [9.17, 15) is 19.9 Å². The summed E-state index contributed by atoms with van der Waals surface area (Å²) in [6.45, 7) is 1.01. The molecule has 0 aromatic heterocycles. The first-order chi connectivity index (χ1) is 19.4. The largest absolute Gasteiger partial charge is 0.467 e. The molecule has 0 radical (unpaired) electrons. The van der Waals surface area contributed by atoms with Gasteiger partial charge in [0.05, 0.1) is 25.4 Å². The predicted octanol–water partition coefficient (Wildman–Crippen LogP) is 3.80. The van der Waals surface area contributed by atoms with Crippen LogP contribution in [0.5, 0.6) is 0 Å². The van der Waals surface area contributed by atoms with Gasteiger partial charge in [0, 0.05) is 9.82 Å². The molecule has 3 rings (SSSR count). The Morgan fingerprint density at radius 3 is 2.25 bits per heavy atom. The fourth-order valence-corrected chi connectivity index (χ4v) is 3.85. The van der Waals surface area contributed by atoms with Gasteiger partial charge >= 0.3 is 18.0 Å². The molecule has 0 bridgehead atoms. The van der Waals surface area contributed by atoms with E-state index in [4.69, 9.17) is 29.2 Å². The van der Waals surface area contributed by atoms with Crippen LogP contribution in [0.4, 0.5) is 4.79 Å². The summed E-state index contributed by atoms with van der Waals surface area (Å²) in [5, 5.41) is 9.70. The van der Waals surface area contributed by atoms with Crippen LogP contribution in [0.1, 0.15) is 22.8 Å². The summed E-state index contributed by atoms with van der Waals surface area (Å²) in [4.78, 5) is 43.1. The SMILES string of the molecule is COC(=O)[C@H](CO[C@@H]1O[C@H](C)[C@H](N=[N+]=[N-])[C@H](OC(=O)c2ccccc2)[C@H]1N=[N+]=[N-])NC(=O)OCc1ccccc1. The number of benzene rings is 2. The molecule has 1 N–H and O–H groups in total. The maximum Gasteiger partial charge on any atom is 0.408 e. The van der Waals surface area contributed by atoms with Gasteiger partial charge in [-0.25, -0.2) is 14.4 Å². The molecule has 2 aromatic rings. The second-order valence-electron chi connectivity index (χ2n) is 8.45. The quantitative estimate of drug-likeness (QED) is 0.142. The van der Waals surface area contributed by atoms with E-state index in [0.29, 0.717) is 0 Å². The van der Waals surface area contributed by atoms with Crippen LogP contribution >= 0.6 is 0 Å². The minimum absolute atomic E-state index is 0.0428. The molecule has 0 saturated carbocycles. The Kier molecular flexibility index (Phi) is 11.1. The van der Waals surface area contributed by atoms with Crippen molar-refractivity contribution in [3.63, 3.8) is 0 Å². The van der Waals surface area contributed by atoms with Crippen LogP contribution in [-0.4, -0.2) is 68.4 Å². The van der Waals surface area contributed by atoms with Gasteiger partial charge in [-0.05, 0) is 35.7 Å². The molecular weight excluding hydrogens is 526 g/mol. The molecule has 6 atom stereocenters. The van der Waals surface area contributed by atoms with E-state index in [0.717, 1.165) is 12.7 Å². The Bertz CT molecular complexity index is 1250. The summed E-state index contributed by atoms with van der Waals surface area (Å²) in [5.41, 5.74) is 19.2. The predicted molar refractivity (Wildman–Crippen MR) is 137 cm³/mol. The zero-order valence-corrected chi connectivity index (χ0v) is 21.6. The van der Waals surface area contributed by atoms with Crippen LogP contribution in [0.3, 0.4) is 0 Å². The van der Waals surface area contributed by atoms with Crippen molar-refractivity contribution < 1.29 is 38.1 Å². The van der Waals surface area contributed by atoms with Gasteiger partial charge in [0.1, 0.15) is 24.8 Å². The number of nitrogens with zero attached hydrogens (tertiary/aromatic N) is 6. The molecule has 0 spiro atoms. The highest BCUT2D eigenvalue weighted by Gasteiger charge is 2.47. The van der Waals surface area contributed by atoms with Gasteiger partial charge in [0.25, 0.3) is 0 Å². The van der Waals surface area contributed by atoms with Gasteiger partial charge in [0.15, 0.2) is 12.3 Å². The Balaban J connectivity index is 1.74. The number of ether oxygens (including phenoxy) is 5. The topological polar surface area (TPSA) is 207 Å². The van der Waals surface area contributed by atoms with E-state index in [2.05, 4.69) is 25.4 Å². The van der Waals surface area contributed by atoms with E-state index < -0.39 is 61.3 Å². The first-order valence-electron chi connectivity index (χ1n) is 12.0. The molecule has 1 heterocycles. The number of esters is 2. The van der Waals surface area contributed by atoms with Crippen LogP contribution in [-0.2, 0) is 35.1 Å². The average Bonchev–Trinajstić information content (AvgIpc) is 2.98. The summed E-state index contributed by atoms with van der Waals surface area (Å²) in [5.74, 6) is -1.61. The lowest BCUT2D eigenvalue weighted by molar-refractivity contribution is -0.229. The van der Waals surface area contributed by atoms with Crippen molar-refractivity contribution in [2.75, 3.05) is 13.7 Å². The number of hydrogen-bond donors (Lipinski definition) is 1. The molecule has 2 aromatic carbocycles. The van der Waals surface area contributed by atoms with Crippen LogP contribution in [0.25, 0.3) is 20.9 Å². The Labute approximate surface area is 228 Å². The van der Waals surface area contributed by atoms with Crippen molar-refractivity contribution in [1.29, 1.82) is 0 Å². The third-order valence-electron chi connectivity index (χ3n) is 5.82. The van der Waals surface area contributed by atoms with E-state index in [1.165, 1.54) is 12.1 Å².